The van der Waals surface area contributed by atoms with Crippen molar-refractivity contribution in [1.29, 1.82) is 0 Å². The van der Waals surface area contributed by atoms with Gasteiger partial charge in [0.05, 0.1) is 6.04 Å². The molecule has 0 spiro atoms. The van der Waals surface area contributed by atoms with Gasteiger partial charge in [-0.2, -0.15) is 0 Å². The Morgan fingerprint density at radius 3 is 2.91 bits per heavy atom. The third kappa shape index (κ3) is 3.59. The molecule has 1 fully saturated rings. The van der Waals surface area contributed by atoms with Crippen molar-refractivity contribution in [3.05, 3.63) is 29.3 Å². The van der Waals surface area contributed by atoms with Crippen molar-refractivity contribution in [2.24, 2.45) is 11.7 Å². The van der Waals surface area contributed by atoms with Crippen molar-refractivity contribution in [3.8, 4) is 0 Å². The standard InChI is InChI=1S/C16H22ClN3O2/c1-3-10(2)14(18)15(21)19-13-7-8-20(16(13)22)12-6-4-5-11(17)9-12/h4-6,9-10,13-14H,3,7-8,18H2,1-2H3,(H,19,21). The van der Waals surface area contributed by atoms with Gasteiger partial charge in [-0.3, -0.25) is 9.59 Å². The van der Waals surface area contributed by atoms with Gasteiger partial charge < -0.3 is 16.0 Å². The minimum absolute atomic E-state index is 0.0838. The van der Waals surface area contributed by atoms with E-state index in [0.29, 0.717) is 18.0 Å². The van der Waals surface area contributed by atoms with Gasteiger partial charge in [0, 0.05) is 17.3 Å². The van der Waals surface area contributed by atoms with E-state index in [4.69, 9.17) is 17.3 Å². The molecule has 3 unspecified atom stereocenters. The molecule has 3 atom stereocenters. The minimum atomic E-state index is -0.585. The van der Waals surface area contributed by atoms with Crippen LogP contribution in [0.1, 0.15) is 26.7 Å². The first-order valence-corrected chi connectivity index (χ1v) is 7.94. The molecule has 1 aliphatic heterocycles. The highest BCUT2D eigenvalue weighted by Crippen LogP contribution is 2.24. The number of rotatable bonds is 5. The average Bonchev–Trinajstić information content (AvgIpc) is 2.86. The number of anilines is 1. The van der Waals surface area contributed by atoms with Crippen LogP contribution in [0.4, 0.5) is 5.69 Å². The highest BCUT2D eigenvalue weighted by atomic mass is 35.5. The minimum Gasteiger partial charge on any atom is -0.343 e. The Balaban J connectivity index is 2.01. The molecule has 0 saturated carbocycles. The number of amides is 2. The normalized spacial score (nSPS) is 20.8. The molecule has 2 amide bonds. The Bertz CT molecular complexity index is 564. The summed E-state index contributed by atoms with van der Waals surface area (Å²) in [4.78, 5) is 26.2. The molecule has 120 valence electrons. The van der Waals surface area contributed by atoms with Crippen LogP contribution in [0.5, 0.6) is 0 Å². The summed E-state index contributed by atoms with van der Waals surface area (Å²) in [6.45, 7) is 4.47. The number of nitrogens with zero attached hydrogens (tertiary/aromatic N) is 1. The van der Waals surface area contributed by atoms with E-state index >= 15 is 0 Å². The predicted molar refractivity (Wildman–Crippen MR) is 87.8 cm³/mol. The van der Waals surface area contributed by atoms with Crippen LogP contribution in [-0.2, 0) is 9.59 Å². The molecule has 0 aromatic heterocycles. The van der Waals surface area contributed by atoms with Crippen molar-refractivity contribution in [2.75, 3.05) is 11.4 Å². The topological polar surface area (TPSA) is 75.4 Å². The molecular weight excluding hydrogens is 302 g/mol. The molecule has 0 radical (unpaired) electrons. The SMILES string of the molecule is CCC(C)C(N)C(=O)NC1CCN(c2cccc(Cl)c2)C1=O. The number of hydrogen-bond acceptors (Lipinski definition) is 3. The van der Waals surface area contributed by atoms with Crippen LogP contribution in [0.2, 0.25) is 5.02 Å². The van der Waals surface area contributed by atoms with E-state index in [9.17, 15) is 9.59 Å². The smallest absolute Gasteiger partial charge is 0.249 e. The van der Waals surface area contributed by atoms with E-state index in [0.717, 1.165) is 12.1 Å². The molecule has 1 aromatic rings. The summed E-state index contributed by atoms with van der Waals surface area (Å²) >= 11 is 5.96. The molecule has 3 N–H and O–H groups in total. The number of benzene rings is 1. The van der Waals surface area contributed by atoms with E-state index in [1.807, 2.05) is 19.9 Å². The van der Waals surface area contributed by atoms with Crippen LogP contribution in [0, 0.1) is 5.92 Å². The molecule has 6 heteroatoms. The number of hydrogen-bond donors (Lipinski definition) is 2. The number of nitrogens with one attached hydrogen (secondary N) is 1. The summed E-state index contributed by atoms with van der Waals surface area (Å²) in [5, 5.41) is 3.35. The molecular formula is C16H22ClN3O2. The Hall–Kier alpha value is -1.59. The Labute approximate surface area is 135 Å². The third-order valence-electron chi connectivity index (χ3n) is 4.20. The summed E-state index contributed by atoms with van der Waals surface area (Å²) in [7, 11) is 0. The molecule has 1 saturated heterocycles. The largest absolute Gasteiger partial charge is 0.343 e. The zero-order valence-electron chi connectivity index (χ0n) is 12.9. The molecule has 1 aromatic carbocycles. The monoisotopic (exact) mass is 323 g/mol. The fourth-order valence-corrected chi connectivity index (χ4v) is 2.68. The van der Waals surface area contributed by atoms with Gasteiger partial charge in [0.2, 0.25) is 11.8 Å². The summed E-state index contributed by atoms with van der Waals surface area (Å²) in [6, 6.07) is 6.04. The predicted octanol–water partition coefficient (Wildman–Crippen LogP) is 1.93. The quantitative estimate of drug-likeness (QED) is 0.869. The van der Waals surface area contributed by atoms with Crippen LogP contribution in [0.25, 0.3) is 0 Å². The number of nitrogens with two attached hydrogens (primary N) is 1. The average molecular weight is 324 g/mol. The van der Waals surface area contributed by atoms with Crippen molar-refractivity contribution in [1.82, 2.24) is 5.32 Å². The molecule has 22 heavy (non-hydrogen) atoms. The second-order valence-electron chi connectivity index (χ2n) is 5.73. The van der Waals surface area contributed by atoms with Crippen LogP contribution >= 0.6 is 11.6 Å². The number of halogens is 1. The molecule has 1 heterocycles. The Kier molecular flexibility index (Phi) is 5.42. The second-order valence-corrected chi connectivity index (χ2v) is 6.17. The van der Waals surface area contributed by atoms with Crippen molar-refractivity contribution in [3.63, 3.8) is 0 Å². The molecule has 1 aliphatic rings. The fraction of sp³-hybridized carbons (Fsp3) is 0.500. The summed E-state index contributed by atoms with van der Waals surface area (Å²) in [5.74, 6) is -0.298. The summed E-state index contributed by atoms with van der Waals surface area (Å²) in [5.41, 5.74) is 6.66. The third-order valence-corrected chi connectivity index (χ3v) is 4.44. The zero-order valence-corrected chi connectivity index (χ0v) is 13.6. The summed E-state index contributed by atoms with van der Waals surface area (Å²) < 4.78 is 0. The maximum atomic E-state index is 12.4. The van der Waals surface area contributed by atoms with Crippen LogP contribution in [0.3, 0.4) is 0 Å². The Morgan fingerprint density at radius 2 is 2.27 bits per heavy atom. The first-order chi connectivity index (χ1) is 10.4. The van der Waals surface area contributed by atoms with E-state index in [2.05, 4.69) is 5.32 Å². The lowest BCUT2D eigenvalue weighted by Crippen LogP contribution is -2.50. The van der Waals surface area contributed by atoms with Crippen molar-refractivity contribution in [2.45, 2.75) is 38.8 Å². The van der Waals surface area contributed by atoms with Crippen LogP contribution < -0.4 is 16.0 Å². The molecule has 5 nitrogen and oxygen atoms in total. The highest BCUT2D eigenvalue weighted by Gasteiger charge is 2.35. The maximum absolute atomic E-state index is 12.4. The van der Waals surface area contributed by atoms with Crippen LogP contribution in [-0.4, -0.2) is 30.4 Å². The van der Waals surface area contributed by atoms with Crippen LogP contribution in [0.15, 0.2) is 24.3 Å². The first kappa shape index (κ1) is 16.8. The van der Waals surface area contributed by atoms with Gasteiger partial charge in [-0.25, -0.2) is 0 Å². The molecule has 0 aliphatic carbocycles. The van der Waals surface area contributed by atoms with Gasteiger partial charge in [-0.05, 0) is 30.5 Å². The van der Waals surface area contributed by atoms with Gasteiger partial charge in [0.25, 0.3) is 0 Å². The Morgan fingerprint density at radius 1 is 1.55 bits per heavy atom. The second kappa shape index (κ2) is 7.11. The lowest BCUT2D eigenvalue weighted by atomic mass is 9.99. The molecule has 2 rings (SSSR count). The van der Waals surface area contributed by atoms with Gasteiger partial charge in [0.15, 0.2) is 0 Å². The summed E-state index contributed by atoms with van der Waals surface area (Å²) in [6.07, 6.45) is 1.39. The van der Waals surface area contributed by atoms with E-state index in [1.54, 1.807) is 23.1 Å². The van der Waals surface area contributed by atoms with Crippen molar-refractivity contribution >= 4 is 29.1 Å². The van der Waals surface area contributed by atoms with Gasteiger partial charge in [-0.15, -0.1) is 0 Å². The highest BCUT2D eigenvalue weighted by molar-refractivity contribution is 6.31. The van der Waals surface area contributed by atoms with Crippen molar-refractivity contribution < 1.29 is 9.59 Å². The fourth-order valence-electron chi connectivity index (χ4n) is 2.49. The van der Waals surface area contributed by atoms with E-state index in [-0.39, 0.29) is 17.7 Å². The van der Waals surface area contributed by atoms with Gasteiger partial charge in [0.1, 0.15) is 6.04 Å². The lowest BCUT2D eigenvalue weighted by Gasteiger charge is -2.21. The molecule has 0 bridgehead atoms. The lowest BCUT2D eigenvalue weighted by molar-refractivity contribution is -0.128. The van der Waals surface area contributed by atoms with Gasteiger partial charge >= 0.3 is 0 Å². The van der Waals surface area contributed by atoms with E-state index < -0.39 is 12.1 Å². The zero-order chi connectivity index (χ0) is 16.3. The number of carbonyl (C=O) groups excluding carboxylic acids is 2. The maximum Gasteiger partial charge on any atom is 0.249 e. The van der Waals surface area contributed by atoms with E-state index in [1.165, 1.54) is 0 Å². The van der Waals surface area contributed by atoms with Gasteiger partial charge in [-0.1, -0.05) is 37.9 Å². The number of carbonyl (C=O) groups is 2. The first-order valence-electron chi connectivity index (χ1n) is 7.57.